The maximum atomic E-state index is 12.7. The number of hydrogen-bond acceptors (Lipinski definition) is 2. The first-order valence-corrected chi connectivity index (χ1v) is 8.04. The Bertz CT molecular complexity index is 734. The number of amides is 1. The van der Waals surface area contributed by atoms with E-state index in [1.807, 2.05) is 6.92 Å². The number of alkyl halides is 3. The molecule has 0 aliphatic rings. The fraction of sp³-hybridized carbons (Fsp3) is 0.278. The van der Waals surface area contributed by atoms with Crippen molar-refractivity contribution in [1.82, 2.24) is 5.32 Å². The maximum Gasteiger partial charge on any atom is 0.416 e. The summed E-state index contributed by atoms with van der Waals surface area (Å²) in [7, 11) is 0. The molecule has 0 heterocycles. The molecule has 2 aromatic carbocycles. The van der Waals surface area contributed by atoms with E-state index in [0.717, 1.165) is 12.1 Å². The van der Waals surface area contributed by atoms with Crippen molar-refractivity contribution in [2.75, 3.05) is 6.61 Å². The first-order valence-electron chi connectivity index (χ1n) is 7.66. The summed E-state index contributed by atoms with van der Waals surface area (Å²) < 4.78 is 43.5. The maximum absolute atomic E-state index is 12.7. The van der Waals surface area contributed by atoms with Crippen molar-refractivity contribution < 1.29 is 22.7 Å². The Morgan fingerprint density at radius 1 is 1.20 bits per heavy atom. The molecule has 7 heteroatoms. The minimum absolute atomic E-state index is 0.0496. The predicted octanol–water partition coefficient (Wildman–Crippen LogP) is 4.95. The molecular weight excluding hydrogens is 355 g/mol. The van der Waals surface area contributed by atoms with E-state index in [0.29, 0.717) is 17.0 Å². The van der Waals surface area contributed by atoms with Gasteiger partial charge in [0.25, 0.3) is 5.91 Å². The first kappa shape index (κ1) is 19.1. The van der Waals surface area contributed by atoms with Crippen LogP contribution in [0.1, 0.15) is 29.3 Å². The van der Waals surface area contributed by atoms with Gasteiger partial charge in [-0.1, -0.05) is 36.7 Å². The van der Waals surface area contributed by atoms with Crippen LogP contribution in [0.2, 0.25) is 5.02 Å². The Morgan fingerprint density at radius 2 is 1.92 bits per heavy atom. The molecule has 134 valence electrons. The monoisotopic (exact) mass is 371 g/mol. The van der Waals surface area contributed by atoms with Gasteiger partial charge in [-0.3, -0.25) is 4.79 Å². The molecule has 1 amide bonds. The number of rotatable bonds is 6. The SMILES string of the molecule is CCC(COc1cccc(C(F)(F)F)c1)NC(=O)c1ccccc1Cl. The Balaban J connectivity index is 1.99. The van der Waals surface area contributed by atoms with Gasteiger partial charge in [0.15, 0.2) is 0 Å². The standard InChI is InChI=1S/C18H17ClF3NO2/c1-2-13(23-17(24)15-8-3-4-9-16(15)19)11-25-14-7-5-6-12(10-14)18(20,21)22/h3-10,13H,2,11H2,1H3,(H,23,24). The van der Waals surface area contributed by atoms with Crippen molar-refractivity contribution in [3.63, 3.8) is 0 Å². The summed E-state index contributed by atoms with van der Waals surface area (Å²) in [6.07, 6.45) is -3.88. The highest BCUT2D eigenvalue weighted by atomic mass is 35.5. The number of benzene rings is 2. The minimum atomic E-state index is -4.43. The van der Waals surface area contributed by atoms with Crippen LogP contribution < -0.4 is 10.1 Å². The summed E-state index contributed by atoms with van der Waals surface area (Å²) in [5.74, 6) is -0.259. The highest BCUT2D eigenvalue weighted by Crippen LogP contribution is 2.31. The zero-order valence-corrected chi connectivity index (χ0v) is 14.2. The average Bonchev–Trinajstić information content (AvgIpc) is 2.58. The van der Waals surface area contributed by atoms with Crippen LogP contribution in [0, 0.1) is 0 Å². The van der Waals surface area contributed by atoms with Crippen LogP contribution >= 0.6 is 11.6 Å². The lowest BCUT2D eigenvalue weighted by molar-refractivity contribution is -0.137. The fourth-order valence-electron chi connectivity index (χ4n) is 2.13. The van der Waals surface area contributed by atoms with Gasteiger partial charge < -0.3 is 10.1 Å². The van der Waals surface area contributed by atoms with Crippen molar-refractivity contribution in [3.8, 4) is 5.75 Å². The zero-order valence-electron chi connectivity index (χ0n) is 13.4. The third-order valence-electron chi connectivity index (χ3n) is 3.56. The van der Waals surface area contributed by atoms with Gasteiger partial charge in [-0.05, 0) is 36.8 Å². The molecule has 0 saturated heterocycles. The highest BCUT2D eigenvalue weighted by Gasteiger charge is 2.30. The Hall–Kier alpha value is -2.21. The average molecular weight is 372 g/mol. The highest BCUT2D eigenvalue weighted by molar-refractivity contribution is 6.33. The molecular formula is C18H17ClF3NO2. The molecule has 2 rings (SSSR count). The van der Waals surface area contributed by atoms with Gasteiger partial charge in [-0.2, -0.15) is 13.2 Å². The molecule has 0 bridgehead atoms. The van der Waals surface area contributed by atoms with Crippen LogP contribution in [-0.2, 0) is 6.18 Å². The Morgan fingerprint density at radius 3 is 2.56 bits per heavy atom. The number of carbonyl (C=O) groups is 1. The van der Waals surface area contributed by atoms with Crippen LogP contribution in [0.4, 0.5) is 13.2 Å². The molecule has 25 heavy (non-hydrogen) atoms. The second kappa shape index (κ2) is 8.25. The smallest absolute Gasteiger partial charge is 0.416 e. The molecule has 1 atom stereocenters. The van der Waals surface area contributed by atoms with Crippen molar-refractivity contribution in [2.24, 2.45) is 0 Å². The van der Waals surface area contributed by atoms with Crippen LogP contribution in [0.3, 0.4) is 0 Å². The van der Waals surface area contributed by atoms with E-state index in [-0.39, 0.29) is 24.3 Å². The fourth-order valence-corrected chi connectivity index (χ4v) is 2.35. The molecule has 0 spiro atoms. The molecule has 2 aromatic rings. The van der Waals surface area contributed by atoms with Gasteiger partial charge in [0.2, 0.25) is 0 Å². The third-order valence-corrected chi connectivity index (χ3v) is 3.89. The van der Waals surface area contributed by atoms with E-state index in [1.54, 1.807) is 24.3 Å². The van der Waals surface area contributed by atoms with Crippen molar-refractivity contribution >= 4 is 17.5 Å². The number of hydrogen-bond donors (Lipinski definition) is 1. The molecule has 0 aliphatic carbocycles. The van der Waals surface area contributed by atoms with Crippen LogP contribution in [-0.4, -0.2) is 18.6 Å². The van der Waals surface area contributed by atoms with Gasteiger partial charge in [0, 0.05) is 0 Å². The lowest BCUT2D eigenvalue weighted by Gasteiger charge is -2.18. The van der Waals surface area contributed by atoms with Crippen LogP contribution in [0.5, 0.6) is 5.75 Å². The van der Waals surface area contributed by atoms with Crippen LogP contribution in [0.25, 0.3) is 0 Å². The largest absolute Gasteiger partial charge is 0.491 e. The molecule has 0 aliphatic heterocycles. The second-order valence-electron chi connectivity index (χ2n) is 5.40. The summed E-state index contributed by atoms with van der Waals surface area (Å²) in [6.45, 7) is 1.89. The molecule has 3 nitrogen and oxygen atoms in total. The molecule has 1 unspecified atom stereocenters. The van der Waals surface area contributed by atoms with Crippen molar-refractivity contribution in [3.05, 3.63) is 64.7 Å². The summed E-state index contributed by atoms with van der Waals surface area (Å²) in [5.41, 5.74) is -0.445. The van der Waals surface area contributed by atoms with E-state index in [4.69, 9.17) is 16.3 Å². The van der Waals surface area contributed by atoms with Crippen molar-refractivity contribution in [2.45, 2.75) is 25.6 Å². The first-order chi connectivity index (χ1) is 11.8. The third kappa shape index (κ3) is 5.39. The van der Waals surface area contributed by atoms with Gasteiger partial charge >= 0.3 is 6.18 Å². The summed E-state index contributed by atoms with van der Waals surface area (Å²) in [4.78, 5) is 12.2. The summed E-state index contributed by atoms with van der Waals surface area (Å²) in [6, 6.07) is 10.9. The Kier molecular flexibility index (Phi) is 6.31. The van der Waals surface area contributed by atoms with E-state index in [9.17, 15) is 18.0 Å². The number of carbonyl (C=O) groups excluding carboxylic acids is 1. The molecule has 0 radical (unpaired) electrons. The van der Waals surface area contributed by atoms with Crippen molar-refractivity contribution in [1.29, 1.82) is 0 Å². The van der Waals surface area contributed by atoms with E-state index in [1.165, 1.54) is 12.1 Å². The molecule has 0 saturated carbocycles. The summed E-state index contributed by atoms with van der Waals surface area (Å²) in [5, 5.41) is 3.10. The topological polar surface area (TPSA) is 38.3 Å². The van der Waals surface area contributed by atoms with E-state index in [2.05, 4.69) is 5.32 Å². The summed E-state index contributed by atoms with van der Waals surface area (Å²) >= 11 is 5.98. The van der Waals surface area contributed by atoms with Gasteiger partial charge in [0.05, 0.1) is 22.2 Å². The van der Waals surface area contributed by atoms with Gasteiger partial charge in [-0.25, -0.2) is 0 Å². The number of nitrogens with one attached hydrogen (secondary N) is 1. The predicted molar refractivity (Wildman–Crippen MR) is 89.9 cm³/mol. The normalized spacial score (nSPS) is 12.5. The lowest BCUT2D eigenvalue weighted by Crippen LogP contribution is -2.38. The quantitative estimate of drug-likeness (QED) is 0.780. The molecule has 0 fully saturated rings. The zero-order chi connectivity index (χ0) is 18.4. The van der Waals surface area contributed by atoms with Gasteiger partial charge in [-0.15, -0.1) is 0 Å². The molecule has 0 aromatic heterocycles. The number of ether oxygens (including phenoxy) is 1. The lowest BCUT2D eigenvalue weighted by atomic mass is 10.1. The second-order valence-corrected chi connectivity index (χ2v) is 5.80. The van der Waals surface area contributed by atoms with E-state index >= 15 is 0 Å². The number of halogens is 4. The van der Waals surface area contributed by atoms with E-state index < -0.39 is 11.7 Å². The van der Waals surface area contributed by atoms with Crippen LogP contribution in [0.15, 0.2) is 48.5 Å². The molecule has 1 N–H and O–H groups in total. The van der Waals surface area contributed by atoms with Gasteiger partial charge in [0.1, 0.15) is 12.4 Å². The Labute approximate surface area is 148 Å². The minimum Gasteiger partial charge on any atom is -0.491 e.